The molecular formula is C16H22BrN3O. The maximum Gasteiger partial charge on any atom is 0.133 e. The molecular weight excluding hydrogens is 330 g/mol. The fourth-order valence-corrected chi connectivity index (χ4v) is 2.75. The lowest BCUT2D eigenvalue weighted by atomic mass is 10.2. The van der Waals surface area contributed by atoms with Gasteiger partial charge in [0.2, 0.25) is 0 Å². The Kier molecular flexibility index (Phi) is 5.82. The second-order valence-electron chi connectivity index (χ2n) is 5.12. The molecule has 1 unspecified atom stereocenters. The van der Waals surface area contributed by atoms with Crippen LogP contribution in [0, 0.1) is 0 Å². The zero-order valence-electron chi connectivity index (χ0n) is 12.8. The number of ether oxygens (including phenoxy) is 1. The predicted molar refractivity (Wildman–Crippen MR) is 88.7 cm³/mol. The number of hydrogen-bond donors (Lipinski definition) is 1. The Labute approximate surface area is 134 Å². The van der Waals surface area contributed by atoms with Crippen molar-refractivity contribution in [3.05, 3.63) is 46.2 Å². The Morgan fingerprint density at radius 2 is 2.24 bits per heavy atom. The van der Waals surface area contributed by atoms with E-state index >= 15 is 0 Å². The van der Waals surface area contributed by atoms with Crippen LogP contribution in [-0.2, 0) is 6.54 Å². The van der Waals surface area contributed by atoms with E-state index in [0.29, 0.717) is 6.04 Å². The summed E-state index contributed by atoms with van der Waals surface area (Å²) >= 11 is 3.51. The Balaban J connectivity index is 2.03. The number of aromatic nitrogens is 2. The van der Waals surface area contributed by atoms with Gasteiger partial charge in [-0.25, -0.2) is 0 Å². The van der Waals surface area contributed by atoms with E-state index in [9.17, 15) is 0 Å². The Morgan fingerprint density at radius 1 is 1.43 bits per heavy atom. The fourth-order valence-electron chi connectivity index (χ4n) is 2.16. The van der Waals surface area contributed by atoms with Crippen LogP contribution in [0.4, 0.5) is 0 Å². The third-order valence-corrected chi connectivity index (χ3v) is 4.03. The Hall–Kier alpha value is -1.33. The van der Waals surface area contributed by atoms with Gasteiger partial charge in [0.25, 0.3) is 0 Å². The van der Waals surface area contributed by atoms with Crippen molar-refractivity contribution in [3.8, 4) is 5.75 Å². The summed E-state index contributed by atoms with van der Waals surface area (Å²) in [5.74, 6) is 0.845. The van der Waals surface area contributed by atoms with E-state index in [1.807, 2.05) is 16.9 Å². The fraction of sp³-hybridized carbons (Fsp3) is 0.438. The Morgan fingerprint density at radius 3 is 2.90 bits per heavy atom. The molecule has 2 aromatic rings. The number of nitrogens with one attached hydrogen (secondary N) is 1. The first-order valence-electron chi connectivity index (χ1n) is 7.22. The second kappa shape index (κ2) is 7.61. The van der Waals surface area contributed by atoms with Gasteiger partial charge in [-0.1, -0.05) is 13.0 Å². The molecule has 1 atom stereocenters. The maximum absolute atomic E-state index is 5.25. The number of methoxy groups -OCH3 is 1. The van der Waals surface area contributed by atoms with Crippen LogP contribution in [0.2, 0.25) is 0 Å². The predicted octanol–water partition coefficient (Wildman–Crippen LogP) is 3.76. The standard InChI is InChI=1S/C16H22BrN3O/c1-4-7-18-12(2)14-9-19-20(11-14)10-13-5-6-16(21-3)15(17)8-13/h5-6,8-9,11-12,18H,4,7,10H2,1-3H3. The van der Waals surface area contributed by atoms with Gasteiger partial charge in [-0.05, 0) is 53.5 Å². The van der Waals surface area contributed by atoms with Crippen molar-refractivity contribution in [1.82, 2.24) is 15.1 Å². The summed E-state index contributed by atoms with van der Waals surface area (Å²) in [6.07, 6.45) is 5.18. The summed E-state index contributed by atoms with van der Waals surface area (Å²) < 4.78 is 8.18. The average Bonchev–Trinajstić information content (AvgIpc) is 2.93. The number of rotatable bonds is 7. The van der Waals surface area contributed by atoms with Crippen molar-refractivity contribution in [2.45, 2.75) is 32.9 Å². The summed E-state index contributed by atoms with van der Waals surface area (Å²) in [6, 6.07) is 6.43. The van der Waals surface area contributed by atoms with Crippen LogP contribution in [0.15, 0.2) is 35.1 Å². The molecule has 5 heteroatoms. The van der Waals surface area contributed by atoms with Crippen molar-refractivity contribution >= 4 is 15.9 Å². The van der Waals surface area contributed by atoms with Crippen LogP contribution in [-0.4, -0.2) is 23.4 Å². The molecule has 2 rings (SSSR count). The molecule has 0 aliphatic heterocycles. The molecule has 0 saturated carbocycles. The molecule has 0 spiro atoms. The van der Waals surface area contributed by atoms with Crippen LogP contribution < -0.4 is 10.1 Å². The van der Waals surface area contributed by atoms with Gasteiger partial charge in [-0.3, -0.25) is 4.68 Å². The average molecular weight is 352 g/mol. The molecule has 0 aliphatic carbocycles. The van der Waals surface area contributed by atoms with Crippen molar-refractivity contribution in [1.29, 1.82) is 0 Å². The molecule has 0 aliphatic rings. The van der Waals surface area contributed by atoms with Crippen molar-refractivity contribution < 1.29 is 4.74 Å². The first kappa shape index (κ1) is 16.0. The summed E-state index contributed by atoms with van der Waals surface area (Å²) in [5, 5.41) is 7.92. The Bertz CT molecular complexity index is 583. The van der Waals surface area contributed by atoms with Crippen molar-refractivity contribution in [2.24, 2.45) is 0 Å². The van der Waals surface area contributed by atoms with Gasteiger partial charge in [0.15, 0.2) is 0 Å². The molecule has 114 valence electrons. The first-order chi connectivity index (χ1) is 10.1. The number of halogens is 1. The molecule has 0 saturated heterocycles. The zero-order chi connectivity index (χ0) is 15.2. The normalized spacial score (nSPS) is 12.4. The smallest absolute Gasteiger partial charge is 0.133 e. The molecule has 0 radical (unpaired) electrons. The first-order valence-corrected chi connectivity index (χ1v) is 8.01. The highest BCUT2D eigenvalue weighted by atomic mass is 79.9. The molecule has 0 amide bonds. The molecule has 21 heavy (non-hydrogen) atoms. The minimum atomic E-state index is 0.335. The number of hydrogen-bond acceptors (Lipinski definition) is 3. The largest absolute Gasteiger partial charge is 0.496 e. The van der Waals surface area contributed by atoms with E-state index in [-0.39, 0.29) is 0 Å². The van der Waals surface area contributed by atoms with Crippen molar-refractivity contribution in [3.63, 3.8) is 0 Å². The molecule has 0 fully saturated rings. The van der Waals surface area contributed by atoms with E-state index in [1.165, 1.54) is 11.1 Å². The van der Waals surface area contributed by atoms with Crippen molar-refractivity contribution in [2.75, 3.05) is 13.7 Å². The molecule has 1 aromatic heterocycles. The van der Waals surface area contributed by atoms with Gasteiger partial charge in [-0.15, -0.1) is 0 Å². The molecule has 1 heterocycles. The summed E-state index contributed by atoms with van der Waals surface area (Å²) in [7, 11) is 1.67. The third-order valence-electron chi connectivity index (χ3n) is 3.41. The lowest BCUT2D eigenvalue weighted by molar-refractivity contribution is 0.412. The van der Waals surface area contributed by atoms with Crippen LogP contribution in [0.1, 0.15) is 37.4 Å². The summed E-state index contributed by atoms with van der Waals surface area (Å²) in [4.78, 5) is 0. The monoisotopic (exact) mass is 351 g/mol. The summed E-state index contributed by atoms with van der Waals surface area (Å²) in [5.41, 5.74) is 2.41. The topological polar surface area (TPSA) is 39.1 Å². The van der Waals surface area contributed by atoms with Crippen LogP contribution in [0.25, 0.3) is 0 Å². The minimum Gasteiger partial charge on any atom is -0.496 e. The quantitative estimate of drug-likeness (QED) is 0.825. The highest BCUT2D eigenvalue weighted by Crippen LogP contribution is 2.25. The van der Waals surface area contributed by atoms with Crippen LogP contribution in [0.3, 0.4) is 0 Å². The summed E-state index contributed by atoms with van der Waals surface area (Å²) in [6.45, 7) is 6.12. The van der Waals surface area contributed by atoms with Gasteiger partial charge < -0.3 is 10.1 Å². The van der Waals surface area contributed by atoms with E-state index < -0.39 is 0 Å². The highest BCUT2D eigenvalue weighted by molar-refractivity contribution is 9.10. The van der Waals surface area contributed by atoms with E-state index in [4.69, 9.17) is 4.74 Å². The van der Waals surface area contributed by atoms with E-state index in [1.54, 1.807) is 7.11 Å². The van der Waals surface area contributed by atoms with Gasteiger partial charge in [-0.2, -0.15) is 5.10 Å². The molecule has 0 bridgehead atoms. The van der Waals surface area contributed by atoms with E-state index in [2.05, 4.69) is 58.5 Å². The second-order valence-corrected chi connectivity index (χ2v) is 5.97. The zero-order valence-corrected chi connectivity index (χ0v) is 14.4. The van der Waals surface area contributed by atoms with Gasteiger partial charge >= 0.3 is 0 Å². The molecule has 1 aromatic carbocycles. The van der Waals surface area contributed by atoms with Gasteiger partial charge in [0, 0.05) is 17.8 Å². The number of nitrogens with zero attached hydrogens (tertiary/aromatic N) is 2. The van der Waals surface area contributed by atoms with E-state index in [0.717, 1.165) is 29.7 Å². The van der Waals surface area contributed by atoms with Gasteiger partial charge in [0.1, 0.15) is 5.75 Å². The van der Waals surface area contributed by atoms with Crippen LogP contribution in [0.5, 0.6) is 5.75 Å². The molecule has 1 N–H and O–H groups in total. The number of benzene rings is 1. The molecule has 4 nitrogen and oxygen atoms in total. The lowest BCUT2D eigenvalue weighted by Gasteiger charge is -2.10. The minimum absolute atomic E-state index is 0.335. The lowest BCUT2D eigenvalue weighted by Crippen LogP contribution is -2.18. The SMILES string of the molecule is CCCNC(C)c1cnn(Cc2ccc(OC)c(Br)c2)c1. The maximum atomic E-state index is 5.25. The van der Waals surface area contributed by atoms with Gasteiger partial charge in [0.05, 0.1) is 24.3 Å². The third kappa shape index (κ3) is 4.32. The highest BCUT2D eigenvalue weighted by Gasteiger charge is 2.08. The van der Waals surface area contributed by atoms with Crippen LogP contribution >= 0.6 is 15.9 Å².